The van der Waals surface area contributed by atoms with Crippen LogP contribution in [0.2, 0.25) is 0 Å². The highest BCUT2D eigenvalue weighted by atomic mass is 16.7. The van der Waals surface area contributed by atoms with Crippen LogP contribution in [-0.4, -0.2) is 31.1 Å². The van der Waals surface area contributed by atoms with E-state index in [4.69, 9.17) is 14.2 Å². The molecule has 1 atom stereocenters. The fourth-order valence-electron chi connectivity index (χ4n) is 2.75. The van der Waals surface area contributed by atoms with Crippen LogP contribution in [0.3, 0.4) is 0 Å². The van der Waals surface area contributed by atoms with Gasteiger partial charge in [0.1, 0.15) is 0 Å². The SMILES string of the molecule is C[C@@H](NC(=O)COC(=O)CCC(=O)c1ccccc1)c1ccc2c(c1)OCO2. The smallest absolute Gasteiger partial charge is 0.306 e. The van der Waals surface area contributed by atoms with Crippen LogP contribution in [0.4, 0.5) is 0 Å². The van der Waals surface area contributed by atoms with Crippen LogP contribution < -0.4 is 14.8 Å². The number of benzene rings is 2. The molecule has 0 unspecified atom stereocenters. The number of ether oxygens (including phenoxy) is 3. The summed E-state index contributed by atoms with van der Waals surface area (Å²) in [5.41, 5.74) is 1.39. The first-order chi connectivity index (χ1) is 13.5. The maximum absolute atomic E-state index is 12.0. The Kier molecular flexibility index (Phi) is 6.26. The third-order valence-corrected chi connectivity index (χ3v) is 4.29. The molecule has 0 aliphatic carbocycles. The topological polar surface area (TPSA) is 90.9 Å². The van der Waals surface area contributed by atoms with Crippen LogP contribution in [0, 0.1) is 0 Å². The monoisotopic (exact) mass is 383 g/mol. The second-order valence-corrected chi connectivity index (χ2v) is 6.35. The van der Waals surface area contributed by atoms with Gasteiger partial charge in [-0.05, 0) is 24.6 Å². The number of esters is 1. The van der Waals surface area contributed by atoms with Crippen molar-refractivity contribution < 1.29 is 28.6 Å². The Morgan fingerprint density at radius 1 is 1.04 bits per heavy atom. The van der Waals surface area contributed by atoms with E-state index in [9.17, 15) is 14.4 Å². The van der Waals surface area contributed by atoms with Crippen LogP contribution in [0.5, 0.6) is 11.5 Å². The molecule has 7 nitrogen and oxygen atoms in total. The lowest BCUT2D eigenvalue weighted by atomic mass is 10.1. The van der Waals surface area contributed by atoms with E-state index in [1.54, 1.807) is 36.4 Å². The number of carbonyl (C=O) groups is 3. The molecule has 1 heterocycles. The van der Waals surface area contributed by atoms with Gasteiger partial charge < -0.3 is 19.5 Å². The second-order valence-electron chi connectivity index (χ2n) is 6.35. The van der Waals surface area contributed by atoms with Crippen LogP contribution in [0.25, 0.3) is 0 Å². The summed E-state index contributed by atoms with van der Waals surface area (Å²) in [6.45, 7) is 1.60. The molecule has 1 amide bonds. The van der Waals surface area contributed by atoms with Crippen LogP contribution in [0.15, 0.2) is 48.5 Å². The molecular weight excluding hydrogens is 362 g/mol. The number of ketones is 1. The number of amides is 1. The average Bonchev–Trinajstić information content (AvgIpc) is 3.19. The van der Waals surface area contributed by atoms with Crippen LogP contribution in [-0.2, 0) is 14.3 Å². The number of hydrogen-bond acceptors (Lipinski definition) is 6. The Bertz CT molecular complexity index is 864. The minimum Gasteiger partial charge on any atom is -0.456 e. The quantitative estimate of drug-likeness (QED) is 0.557. The lowest BCUT2D eigenvalue weighted by Crippen LogP contribution is -2.31. The van der Waals surface area contributed by atoms with Crippen molar-refractivity contribution in [2.24, 2.45) is 0 Å². The molecule has 1 aliphatic heterocycles. The zero-order valence-corrected chi connectivity index (χ0v) is 15.5. The number of carbonyl (C=O) groups excluding carboxylic acids is 3. The Hall–Kier alpha value is -3.35. The summed E-state index contributed by atoms with van der Waals surface area (Å²) in [6, 6.07) is 13.8. The van der Waals surface area contributed by atoms with Gasteiger partial charge in [-0.3, -0.25) is 14.4 Å². The van der Waals surface area contributed by atoms with Gasteiger partial charge in [0.05, 0.1) is 12.5 Å². The third-order valence-electron chi connectivity index (χ3n) is 4.29. The van der Waals surface area contributed by atoms with E-state index in [0.29, 0.717) is 17.1 Å². The zero-order chi connectivity index (χ0) is 19.9. The standard InChI is InChI=1S/C21H21NO6/c1-14(16-7-9-18-19(11-16)28-13-27-18)22-20(24)12-26-21(25)10-8-17(23)15-5-3-2-4-6-15/h2-7,9,11,14H,8,10,12-13H2,1H3,(H,22,24)/t14-/m1/s1. The van der Waals surface area contributed by atoms with E-state index >= 15 is 0 Å². The van der Waals surface area contributed by atoms with Gasteiger partial charge in [-0.15, -0.1) is 0 Å². The Morgan fingerprint density at radius 3 is 2.57 bits per heavy atom. The fraction of sp³-hybridized carbons (Fsp3) is 0.286. The normalized spacial score (nSPS) is 12.9. The number of hydrogen-bond donors (Lipinski definition) is 1. The molecular formula is C21H21NO6. The molecule has 2 aromatic carbocycles. The van der Waals surface area contributed by atoms with Crippen molar-refractivity contribution in [3.05, 3.63) is 59.7 Å². The lowest BCUT2D eigenvalue weighted by Gasteiger charge is -2.15. The minimum absolute atomic E-state index is 0.0397. The molecule has 0 radical (unpaired) electrons. The Morgan fingerprint density at radius 2 is 1.79 bits per heavy atom. The first kappa shape index (κ1) is 19.4. The molecule has 3 rings (SSSR count). The summed E-state index contributed by atoms with van der Waals surface area (Å²) < 4.78 is 15.5. The molecule has 2 aromatic rings. The van der Waals surface area contributed by atoms with Crippen LogP contribution in [0.1, 0.15) is 41.7 Å². The molecule has 0 saturated carbocycles. The number of fused-ring (bicyclic) bond motifs is 1. The lowest BCUT2D eigenvalue weighted by molar-refractivity contribution is -0.148. The molecule has 0 saturated heterocycles. The molecule has 146 valence electrons. The molecule has 1 aliphatic rings. The van der Waals surface area contributed by atoms with Gasteiger partial charge in [-0.2, -0.15) is 0 Å². The van der Waals surface area contributed by atoms with Crippen molar-refractivity contribution in [1.82, 2.24) is 5.32 Å². The first-order valence-electron chi connectivity index (χ1n) is 8.95. The van der Waals surface area contributed by atoms with Gasteiger partial charge in [0.15, 0.2) is 23.9 Å². The summed E-state index contributed by atoms with van der Waals surface area (Å²) in [7, 11) is 0. The number of rotatable bonds is 8. The largest absolute Gasteiger partial charge is 0.456 e. The molecule has 1 N–H and O–H groups in total. The van der Waals surface area contributed by atoms with Crippen molar-refractivity contribution in [3.8, 4) is 11.5 Å². The molecule has 0 fully saturated rings. The highest BCUT2D eigenvalue weighted by Gasteiger charge is 2.17. The predicted molar refractivity (Wildman–Crippen MR) is 100 cm³/mol. The maximum atomic E-state index is 12.0. The van der Waals surface area contributed by atoms with E-state index in [1.807, 2.05) is 19.1 Å². The first-order valence-corrected chi connectivity index (χ1v) is 8.95. The van der Waals surface area contributed by atoms with E-state index in [2.05, 4.69) is 5.32 Å². The summed E-state index contributed by atoms with van der Waals surface area (Å²) >= 11 is 0. The third kappa shape index (κ3) is 5.09. The molecule has 7 heteroatoms. The second kappa shape index (κ2) is 9.03. The summed E-state index contributed by atoms with van der Waals surface area (Å²) in [5.74, 6) is 0.149. The highest BCUT2D eigenvalue weighted by Crippen LogP contribution is 2.34. The number of Topliss-reactive ketones (excluding diaryl/α,β-unsaturated/α-hetero) is 1. The molecule has 28 heavy (non-hydrogen) atoms. The van der Waals surface area contributed by atoms with Crippen molar-refractivity contribution in [2.75, 3.05) is 13.4 Å². The highest BCUT2D eigenvalue weighted by molar-refractivity contribution is 5.97. The summed E-state index contributed by atoms with van der Waals surface area (Å²) in [5, 5.41) is 2.75. The number of nitrogens with one attached hydrogen (secondary N) is 1. The molecule has 0 aromatic heterocycles. The van der Waals surface area contributed by atoms with Gasteiger partial charge >= 0.3 is 5.97 Å². The van der Waals surface area contributed by atoms with E-state index < -0.39 is 18.5 Å². The summed E-state index contributed by atoms with van der Waals surface area (Å²) in [4.78, 5) is 35.8. The van der Waals surface area contributed by atoms with Crippen molar-refractivity contribution in [2.45, 2.75) is 25.8 Å². The van der Waals surface area contributed by atoms with Gasteiger partial charge in [-0.1, -0.05) is 36.4 Å². The van der Waals surface area contributed by atoms with Gasteiger partial charge in [0.25, 0.3) is 5.91 Å². The molecule has 0 spiro atoms. The van der Waals surface area contributed by atoms with Gasteiger partial charge in [-0.25, -0.2) is 0 Å². The van der Waals surface area contributed by atoms with Gasteiger partial charge in [0, 0.05) is 12.0 Å². The zero-order valence-electron chi connectivity index (χ0n) is 15.5. The maximum Gasteiger partial charge on any atom is 0.306 e. The molecule has 0 bridgehead atoms. The predicted octanol–water partition coefficient (Wildman–Crippen LogP) is 2.80. The van der Waals surface area contributed by atoms with Crippen molar-refractivity contribution in [3.63, 3.8) is 0 Å². The van der Waals surface area contributed by atoms with E-state index in [0.717, 1.165) is 5.56 Å². The van der Waals surface area contributed by atoms with Gasteiger partial charge in [0.2, 0.25) is 6.79 Å². The minimum atomic E-state index is -0.588. The van der Waals surface area contributed by atoms with E-state index in [1.165, 1.54) is 0 Å². The fourth-order valence-corrected chi connectivity index (χ4v) is 2.75. The average molecular weight is 383 g/mol. The van der Waals surface area contributed by atoms with Crippen LogP contribution >= 0.6 is 0 Å². The Balaban J connectivity index is 1.40. The Labute approximate surface area is 162 Å². The van der Waals surface area contributed by atoms with Crippen molar-refractivity contribution in [1.29, 1.82) is 0 Å². The van der Waals surface area contributed by atoms with E-state index in [-0.39, 0.29) is 31.5 Å². The summed E-state index contributed by atoms with van der Waals surface area (Å²) in [6.07, 6.45) is -0.0310. The van der Waals surface area contributed by atoms with Crippen molar-refractivity contribution >= 4 is 17.7 Å².